The van der Waals surface area contributed by atoms with Gasteiger partial charge >= 0.3 is 0 Å². The van der Waals surface area contributed by atoms with Gasteiger partial charge in [0, 0.05) is 38.1 Å². The Morgan fingerprint density at radius 2 is 1.64 bits per heavy atom. The molecule has 1 aliphatic heterocycles. The third-order valence-electron chi connectivity index (χ3n) is 5.35. The van der Waals surface area contributed by atoms with Gasteiger partial charge in [-0.2, -0.15) is 0 Å². The Hall–Kier alpha value is -3.17. The molecule has 4 rings (SSSR count). The normalized spacial score (nSPS) is 14.2. The standard InChI is InChI=1S/C23H22ClFN4O3S/c24-18-3-10-22(26-16-18)28-11-13-29(14-12-28)23(30)15-17-1-6-20(7-2-17)27-33(31,32)21-8-4-19(25)5-9-21/h1-10,16,27H,11-15H2. The van der Waals surface area contributed by atoms with E-state index in [-0.39, 0.29) is 17.2 Å². The molecule has 10 heteroatoms. The van der Waals surface area contributed by atoms with Crippen molar-refractivity contribution in [3.63, 3.8) is 0 Å². The predicted octanol–water partition coefficient (Wildman–Crippen LogP) is 3.57. The highest BCUT2D eigenvalue weighted by molar-refractivity contribution is 7.92. The molecule has 3 aromatic rings. The monoisotopic (exact) mass is 488 g/mol. The van der Waals surface area contributed by atoms with Crippen LogP contribution in [-0.2, 0) is 21.2 Å². The molecule has 0 atom stereocenters. The molecule has 1 N–H and O–H groups in total. The number of pyridine rings is 1. The number of hydrogen-bond donors (Lipinski definition) is 1. The molecule has 0 bridgehead atoms. The molecule has 7 nitrogen and oxygen atoms in total. The molecule has 1 fully saturated rings. The highest BCUT2D eigenvalue weighted by Crippen LogP contribution is 2.19. The summed E-state index contributed by atoms with van der Waals surface area (Å²) in [6, 6.07) is 14.9. The van der Waals surface area contributed by atoms with Crippen molar-refractivity contribution in [1.82, 2.24) is 9.88 Å². The van der Waals surface area contributed by atoms with Crippen LogP contribution < -0.4 is 9.62 Å². The van der Waals surface area contributed by atoms with E-state index in [2.05, 4.69) is 14.6 Å². The average molecular weight is 489 g/mol. The Bertz CT molecular complexity index is 1210. The lowest BCUT2D eigenvalue weighted by Gasteiger charge is -2.35. The van der Waals surface area contributed by atoms with Crippen LogP contribution in [0.3, 0.4) is 0 Å². The van der Waals surface area contributed by atoms with Crippen LogP contribution in [0.5, 0.6) is 0 Å². The molecule has 172 valence electrons. The van der Waals surface area contributed by atoms with Gasteiger partial charge < -0.3 is 9.80 Å². The molecule has 0 spiro atoms. The van der Waals surface area contributed by atoms with E-state index < -0.39 is 15.8 Å². The third-order valence-corrected chi connectivity index (χ3v) is 6.97. The Labute approximate surface area is 196 Å². The highest BCUT2D eigenvalue weighted by atomic mass is 35.5. The fourth-order valence-corrected chi connectivity index (χ4v) is 4.72. The molecule has 2 heterocycles. The smallest absolute Gasteiger partial charge is 0.261 e. The molecule has 1 aromatic heterocycles. The van der Waals surface area contributed by atoms with E-state index in [1.54, 1.807) is 36.5 Å². The maximum Gasteiger partial charge on any atom is 0.261 e. The van der Waals surface area contributed by atoms with Crippen molar-refractivity contribution in [3.8, 4) is 0 Å². The first kappa shape index (κ1) is 23.0. The summed E-state index contributed by atoms with van der Waals surface area (Å²) >= 11 is 5.89. The number of amides is 1. The molecule has 0 radical (unpaired) electrons. The lowest BCUT2D eigenvalue weighted by molar-refractivity contribution is -0.130. The first-order valence-corrected chi connectivity index (χ1v) is 12.2. The zero-order valence-electron chi connectivity index (χ0n) is 17.6. The summed E-state index contributed by atoms with van der Waals surface area (Å²) in [5, 5.41) is 0.585. The summed E-state index contributed by atoms with van der Waals surface area (Å²) in [6.45, 7) is 2.56. The Morgan fingerprint density at radius 3 is 2.24 bits per heavy atom. The maximum absolute atomic E-state index is 13.0. The minimum atomic E-state index is -3.82. The zero-order valence-corrected chi connectivity index (χ0v) is 19.2. The number of hydrogen-bond acceptors (Lipinski definition) is 5. The first-order chi connectivity index (χ1) is 15.8. The average Bonchev–Trinajstić information content (AvgIpc) is 2.81. The van der Waals surface area contributed by atoms with Gasteiger partial charge in [0.15, 0.2) is 0 Å². The number of nitrogens with one attached hydrogen (secondary N) is 1. The van der Waals surface area contributed by atoms with Crippen molar-refractivity contribution in [2.24, 2.45) is 0 Å². The van der Waals surface area contributed by atoms with Crippen LogP contribution in [0.4, 0.5) is 15.9 Å². The molecule has 1 amide bonds. The number of halogens is 2. The van der Waals surface area contributed by atoms with Gasteiger partial charge in [0.1, 0.15) is 11.6 Å². The summed E-state index contributed by atoms with van der Waals surface area (Å²) < 4.78 is 40.3. The van der Waals surface area contributed by atoms with Crippen LogP contribution in [-0.4, -0.2) is 50.4 Å². The molecule has 1 saturated heterocycles. The van der Waals surface area contributed by atoms with E-state index in [9.17, 15) is 17.6 Å². The Balaban J connectivity index is 1.31. The number of anilines is 2. The maximum atomic E-state index is 13.0. The van der Waals surface area contributed by atoms with Crippen molar-refractivity contribution in [2.75, 3.05) is 35.8 Å². The van der Waals surface area contributed by atoms with Crippen molar-refractivity contribution in [2.45, 2.75) is 11.3 Å². The van der Waals surface area contributed by atoms with E-state index in [0.29, 0.717) is 36.9 Å². The van der Waals surface area contributed by atoms with Gasteiger partial charge in [-0.15, -0.1) is 0 Å². The lowest BCUT2D eigenvalue weighted by Crippen LogP contribution is -2.49. The number of carbonyl (C=O) groups excluding carboxylic acids is 1. The SMILES string of the molecule is O=C(Cc1ccc(NS(=O)(=O)c2ccc(F)cc2)cc1)N1CCN(c2ccc(Cl)cn2)CC1. The molecule has 1 aliphatic rings. The van der Waals surface area contributed by atoms with Gasteiger partial charge in [-0.05, 0) is 54.1 Å². The lowest BCUT2D eigenvalue weighted by atomic mass is 10.1. The second-order valence-electron chi connectivity index (χ2n) is 7.64. The largest absolute Gasteiger partial charge is 0.353 e. The summed E-state index contributed by atoms with van der Waals surface area (Å²) in [7, 11) is -3.82. The summed E-state index contributed by atoms with van der Waals surface area (Å²) in [5.74, 6) is 0.342. The van der Waals surface area contributed by atoms with Crippen LogP contribution in [0.25, 0.3) is 0 Å². The fraction of sp³-hybridized carbons (Fsp3) is 0.217. The highest BCUT2D eigenvalue weighted by Gasteiger charge is 2.22. The van der Waals surface area contributed by atoms with E-state index in [1.165, 1.54) is 12.1 Å². The molecule has 0 unspecified atom stereocenters. The van der Waals surface area contributed by atoms with Crippen LogP contribution in [0, 0.1) is 5.82 Å². The molecule has 2 aromatic carbocycles. The molecule has 33 heavy (non-hydrogen) atoms. The van der Waals surface area contributed by atoms with Gasteiger partial charge in [-0.3, -0.25) is 9.52 Å². The van der Waals surface area contributed by atoms with E-state index in [1.807, 2.05) is 11.0 Å². The molecule has 0 saturated carbocycles. The van der Waals surface area contributed by atoms with Crippen LogP contribution in [0.2, 0.25) is 5.02 Å². The predicted molar refractivity (Wildman–Crippen MR) is 125 cm³/mol. The van der Waals surface area contributed by atoms with Crippen molar-refractivity contribution in [1.29, 1.82) is 0 Å². The van der Waals surface area contributed by atoms with E-state index in [4.69, 9.17) is 11.6 Å². The van der Waals surface area contributed by atoms with E-state index >= 15 is 0 Å². The minimum Gasteiger partial charge on any atom is -0.353 e. The Morgan fingerprint density at radius 1 is 0.970 bits per heavy atom. The molecule has 0 aliphatic carbocycles. The van der Waals surface area contributed by atoms with Crippen LogP contribution >= 0.6 is 11.6 Å². The fourth-order valence-electron chi connectivity index (χ4n) is 3.54. The number of aromatic nitrogens is 1. The second-order valence-corrected chi connectivity index (χ2v) is 9.75. The number of rotatable bonds is 6. The van der Waals surface area contributed by atoms with Crippen LogP contribution in [0.15, 0.2) is 71.8 Å². The van der Waals surface area contributed by atoms with E-state index in [0.717, 1.165) is 23.5 Å². The van der Waals surface area contributed by atoms with Gasteiger partial charge in [0.05, 0.1) is 16.3 Å². The number of benzene rings is 2. The second kappa shape index (κ2) is 9.76. The number of piperazine rings is 1. The minimum absolute atomic E-state index is 0.0124. The quantitative estimate of drug-likeness (QED) is 0.573. The van der Waals surface area contributed by atoms with Crippen molar-refractivity contribution in [3.05, 3.63) is 83.3 Å². The Kier molecular flexibility index (Phi) is 6.80. The van der Waals surface area contributed by atoms with Crippen LogP contribution in [0.1, 0.15) is 5.56 Å². The van der Waals surface area contributed by atoms with Crippen molar-refractivity contribution < 1.29 is 17.6 Å². The number of nitrogens with zero attached hydrogens (tertiary/aromatic N) is 3. The first-order valence-electron chi connectivity index (χ1n) is 10.3. The summed E-state index contributed by atoms with van der Waals surface area (Å²) in [4.78, 5) is 20.9. The summed E-state index contributed by atoms with van der Waals surface area (Å²) in [5.41, 5.74) is 1.14. The zero-order chi connectivity index (χ0) is 23.4. The van der Waals surface area contributed by atoms with Crippen molar-refractivity contribution >= 4 is 39.0 Å². The number of carbonyl (C=O) groups is 1. The third kappa shape index (κ3) is 5.80. The van der Waals surface area contributed by atoms with Gasteiger partial charge in [-0.25, -0.2) is 17.8 Å². The summed E-state index contributed by atoms with van der Waals surface area (Å²) in [6.07, 6.45) is 1.84. The molecular formula is C23H22ClFN4O3S. The topological polar surface area (TPSA) is 82.6 Å². The van der Waals surface area contributed by atoms with Gasteiger partial charge in [-0.1, -0.05) is 23.7 Å². The number of sulfonamides is 1. The van der Waals surface area contributed by atoms with Gasteiger partial charge in [0.2, 0.25) is 5.91 Å². The van der Waals surface area contributed by atoms with Gasteiger partial charge in [0.25, 0.3) is 10.0 Å². The molecular weight excluding hydrogens is 467 g/mol.